The average molecular weight is 458 g/mol. The van der Waals surface area contributed by atoms with Crippen molar-refractivity contribution in [1.29, 1.82) is 0 Å². The van der Waals surface area contributed by atoms with Gasteiger partial charge in [-0.05, 0) is 4.93 Å². The fourth-order valence-corrected chi connectivity index (χ4v) is 0. The van der Waals surface area contributed by atoms with Gasteiger partial charge in [0.25, 0.3) is 0 Å². The van der Waals surface area contributed by atoms with Crippen molar-refractivity contribution in [1.82, 2.24) is 6.15 Å². The number of alkyl halides is 1. The van der Waals surface area contributed by atoms with Crippen molar-refractivity contribution in [2.24, 2.45) is 0 Å². The maximum absolute atomic E-state index is 2.15. The minimum absolute atomic E-state index is 0. The largest absolute Gasteiger partial charge is 0 e. The van der Waals surface area contributed by atoms with Gasteiger partial charge in [-0.2, -0.15) is 0 Å². The molecule has 36 valence electrons. The Morgan fingerprint density at radius 1 is 1.17 bits per heavy atom. The summed E-state index contributed by atoms with van der Waals surface area (Å²) in [7, 11) is 0. The molecule has 1 nitrogen and oxygen atoms in total. The molecule has 0 aliphatic rings. The smallest absolute Gasteiger partial charge is 0 e. The first-order valence-corrected chi connectivity index (χ1v) is 2.54. The summed E-state index contributed by atoms with van der Waals surface area (Å²) in [4.78, 5) is 1.97. The Kier molecular flexibility index (Phi) is 215. The molecule has 0 aromatic rings. The summed E-state index contributed by atoms with van der Waals surface area (Å²) < 4.78 is 0. The van der Waals surface area contributed by atoms with Gasteiger partial charge in [0.05, 0.1) is 0 Å². The van der Waals surface area contributed by atoms with Crippen molar-refractivity contribution in [3.05, 3.63) is 0 Å². The Labute approximate surface area is 118 Å². The zero-order chi connectivity index (χ0) is 2.00. The summed E-state index contributed by atoms with van der Waals surface area (Å²) in [6.45, 7) is 0. The summed E-state index contributed by atoms with van der Waals surface area (Å²) >= 11 is 2.15. The molecule has 0 fully saturated rings. The second-order valence-corrected chi connectivity index (χ2v) is 0. The first kappa shape index (κ1) is 33.6. The predicted molar refractivity (Wildman–Crippen MR) is 42.1 cm³/mol. The van der Waals surface area contributed by atoms with E-state index in [2.05, 4.69) is 22.6 Å². The van der Waals surface area contributed by atoms with Crippen LogP contribution in [0.2, 0.25) is 0 Å². The number of rotatable bonds is 0. The summed E-state index contributed by atoms with van der Waals surface area (Å²) in [5.41, 5.74) is 0. The topological polar surface area (TPSA) is 35.0 Å². The van der Waals surface area contributed by atoms with Crippen molar-refractivity contribution in [2.45, 2.75) is 0 Å². The molecular weight excluding hydrogens is 448 g/mol. The number of hydrogen-bond donors (Lipinski definition) is 1. The minimum Gasteiger partial charge on any atom is 0 e. The molecule has 0 aliphatic carbocycles. The first-order chi connectivity index (χ1) is 1.00. The van der Waals surface area contributed by atoms with Crippen LogP contribution in [0.4, 0.5) is 0 Å². The first-order valence-electron chi connectivity index (χ1n) is 0.378. The van der Waals surface area contributed by atoms with E-state index in [1.54, 1.807) is 0 Å². The van der Waals surface area contributed by atoms with Crippen molar-refractivity contribution >= 4 is 87.6 Å². The van der Waals surface area contributed by atoms with Crippen LogP contribution < -0.4 is 6.15 Å². The van der Waals surface area contributed by atoms with Gasteiger partial charge in [0.15, 0.2) is 0 Å². The zero-order valence-electron chi connectivity index (χ0n) is 3.29. The van der Waals surface area contributed by atoms with Gasteiger partial charge < -0.3 is 6.15 Å². The molecule has 6 heavy (non-hydrogen) atoms. The van der Waals surface area contributed by atoms with Gasteiger partial charge in [0.2, 0.25) is 0 Å². The molecule has 0 saturated heterocycles. The van der Waals surface area contributed by atoms with Crippen LogP contribution in [-0.2, 0) is 21.7 Å². The van der Waals surface area contributed by atoms with Crippen LogP contribution in [0.15, 0.2) is 0 Å². The van der Waals surface area contributed by atoms with Gasteiger partial charge >= 0.3 is 65.0 Å². The van der Waals surface area contributed by atoms with E-state index in [1.807, 2.05) is 4.93 Å². The van der Waals surface area contributed by atoms with Gasteiger partial charge in [-0.3, -0.25) is 0 Å². The van der Waals surface area contributed by atoms with Crippen LogP contribution in [0.5, 0.6) is 0 Å². The van der Waals surface area contributed by atoms with E-state index in [-0.39, 0.29) is 92.9 Å². The Balaban J connectivity index is -0.000000000833. The van der Waals surface area contributed by atoms with Crippen LogP contribution in [-0.4, -0.2) is 70.0 Å². The van der Waals surface area contributed by atoms with E-state index in [0.29, 0.717) is 0 Å². The average Bonchev–Trinajstić information content (AvgIpc) is 1.00. The Morgan fingerprint density at radius 3 is 1.17 bits per heavy atom. The minimum atomic E-state index is 0. The summed E-state index contributed by atoms with van der Waals surface area (Å²) in [6, 6.07) is 0. The summed E-state index contributed by atoms with van der Waals surface area (Å²) in [5, 5.41) is 0. The third-order valence-corrected chi connectivity index (χ3v) is 0. The molecule has 0 aromatic carbocycles. The molecule has 0 unspecified atom stereocenters. The monoisotopic (exact) mass is 459 g/mol. The van der Waals surface area contributed by atoms with E-state index in [1.165, 1.54) is 0 Å². The fourth-order valence-electron chi connectivity index (χ4n) is 0. The summed E-state index contributed by atoms with van der Waals surface area (Å²) in [5.74, 6) is 0. The van der Waals surface area contributed by atoms with Gasteiger partial charge in [-0.25, -0.2) is 0 Å². The Bertz CT molecular complexity index is 15.5. The molecule has 0 aromatic heterocycles. The molecule has 3 N–H and O–H groups in total. The number of hydrogen-bond acceptors (Lipinski definition) is 1. The molecule has 0 bridgehead atoms. The van der Waals surface area contributed by atoms with E-state index < -0.39 is 0 Å². The maximum Gasteiger partial charge on any atom is 0 e. The van der Waals surface area contributed by atoms with Crippen LogP contribution in [0.25, 0.3) is 0 Å². The fraction of sp³-hybridized carbons (Fsp3) is 1.00. The maximum atomic E-state index is 2.15. The molecular formula is CH10CaINPbTi. The third-order valence-electron chi connectivity index (χ3n) is 0. The molecule has 0 amide bonds. The third kappa shape index (κ3) is 25.6. The predicted octanol–water partition coefficient (Wildman–Crippen LogP) is -0.622. The van der Waals surface area contributed by atoms with Crippen LogP contribution in [0, 0.1) is 0 Å². The SMILES string of the molecule is CI.N.[CaH2].[PbH2].[Ti]. The Morgan fingerprint density at radius 2 is 1.17 bits per heavy atom. The van der Waals surface area contributed by atoms with Gasteiger partial charge in [-0.1, -0.05) is 22.6 Å². The standard InChI is InChI=1S/CH3I.Ca.H3N.Pb.Ti.4H/c1-2;;;;;;;;/h1H3;;1H3;;;;;;. The molecule has 0 spiro atoms. The Hall–Kier alpha value is 3.59. The van der Waals surface area contributed by atoms with E-state index in [9.17, 15) is 0 Å². The van der Waals surface area contributed by atoms with Crippen molar-refractivity contribution < 1.29 is 21.7 Å². The normalized spacial score (nSPS) is 1.00. The molecule has 0 atom stereocenters. The molecule has 2 radical (unpaired) electrons. The van der Waals surface area contributed by atoms with Crippen molar-refractivity contribution in [3.8, 4) is 0 Å². The van der Waals surface area contributed by atoms with Gasteiger partial charge in [0, 0.05) is 21.7 Å². The molecule has 5 heteroatoms. The quantitative estimate of drug-likeness (QED) is 0.293. The second kappa shape index (κ2) is 38.4. The van der Waals surface area contributed by atoms with Crippen molar-refractivity contribution in [3.63, 3.8) is 0 Å². The molecule has 0 heterocycles. The molecule has 0 rings (SSSR count). The van der Waals surface area contributed by atoms with Gasteiger partial charge in [0.1, 0.15) is 0 Å². The van der Waals surface area contributed by atoms with Crippen molar-refractivity contribution in [2.75, 3.05) is 4.93 Å². The van der Waals surface area contributed by atoms with Crippen LogP contribution in [0.1, 0.15) is 0 Å². The summed E-state index contributed by atoms with van der Waals surface area (Å²) in [6.07, 6.45) is 0. The van der Waals surface area contributed by atoms with E-state index >= 15 is 0 Å². The van der Waals surface area contributed by atoms with E-state index in [4.69, 9.17) is 0 Å². The molecule has 0 saturated carbocycles. The van der Waals surface area contributed by atoms with E-state index in [0.717, 1.165) is 0 Å². The number of halogens is 1. The second-order valence-electron chi connectivity index (χ2n) is 0. The van der Waals surface area contributed by atoms with Crippen LogP contribution >= 0.6 is 22.6 Å². The molecule has 0 aliphatic heterocycles. The van der Waals surface area contributed by atoms with Gasteiger partial charge in [-0.15, -0.1) is 0 Å². The zero-order valence-corrected chi connectivity index (χ0v) is 12.5. The van der Waals surface area contributed by atoms with Crippen LogP contribution in [0.3, 0.4) is 0 Å².